The lowest BCUT2D eigenvalue weighted by molar-refractivity contribution is -0.138. The number of carboxylic acid groups (broad SMARTS) is 1. The summed E-state index contributed by atoms with van der Waals surface area (Å²) < 4.78 is 0.867. The largest absolute Gasteiger partial charge is 0.480 e. The summed E-state index contributed by atoms with van der Waals surface area (Å²) in [4.78, 5) is 76.0. The number of fused-ring (bicyclic) bond motifs is 2. The summed E-state index contributed by atoms with van der Waals surface area (Å²) >= 11 is 2.71. The minimum atomic E-state index is -1.39. The number of nitrogens with one attached hydrogen (secondary N) is 4. The molecule has 4 rings (SSSR count). The molecule has 0 fully saturated rings. The van der Waals surface area contributed by atoms with E-state index in [2.05, 4.69) is 21.3 Å². The van der Waals surface area contributed by atoms with Gasteiger partial charge in [-0.15, -0.1) is 23.1 Å². The van der Waals surface area contributed by atoms with Gasteiger partial charge in [-0.1, -0.05) is 36.4 Å². The first kappa shape index (κ1) is 31.3. The van der Waals surface area contributed by atoms with Crippen LogP contribution in [-0.4, -0.2) is 71.5 Å². The van der Waals surface area contributed by atoms with Gasteiger partial charge in [0.15, 0.2) is 0 Å². The Labute approximate surface area is 254 Å². The summed E-state index contributed by atoms with van der Waals surface area (Å²) in [5.41, 5.74) is 6.61. The van der Waals surface area contributed by atoms with Crippen molar-refractivity contribution in [3.05, 3.63) is 70.6 Å². The van der Waals surface area contributed by atoms with Gasteiger partial charge in [0.2, 0.25) is 23.6 Å². The number of hydrogen-bond donors (Lipinski definition) is 6. The van der Waals surface area contributed by atoms with Crippen molar-refractivity contribution in [2.75, 3.05) is 18.8 Å². The van der Waals surface area contributed by atoms with Gasteiger partial charge in [-0.3, -0.25) is 28.8 Å². The van der Waals surface area contributed by atoms with E-state index in [4.69, 9.17) is 10.8 Å². The second-order valence-electron chi connectivity index (χ2n) is 9.56. The van der Waals surface area contributed by atoms with Crippen molar-refractivity contribution in [3.8, 4) is 0 Å². The Kier molecular flexibility index (Phi) is 10.5. The van der Waals surface area contributed by atoms with E-state index in [1.54, 1.807) is 12.1 Å². The first-order valence-electron chi connectivity index (χ1n) is 13.2. The summed E-state index contributed by atoms with van der Waals surface area (Å²) in [6, 6.07) is 13.9. The number of thiophene rings is 1. The molecule has 43 heavy (non-hydrogen) atoms. The van der Waals surface area contributed by atoms with Crippen LogP contribution in [0, 0.1) is 0 Å². The van der Waals surface area contributed by atoms with Crippen molar-refractivity contribution in [1.82, 2.24) is 21.3 Å². The predicted molar refractivity (Wildman–Crippen MR) is 162 cm³/mol. The van der Waals surface area contributed by atoms with Crippen LogP contribution >= 0.6 is 23.1 Å². The molecule has 2 heterocycles. The van der Waals surface area contributed by atoms with E-state index in [9.17, 15) is 28.8 Å². The standard InChI is InChI=1S/C29H29N5O7S2/c30-24(35)10-9-19(33-29(41)23-12-17-6-2-4-8-22(17)43-23)28(40)34-20(27(39)32-14-25(36)37)13-31-26(38)18-11-16-5-1-3-7-21(16)42-15-18/h1-8,11-12,19-20H,9-10,13-15H2,(H2,30,35)(H,31,38)(H,32,39)(H,33,41)(H,34,40)(H,36,37). The SMILES string of the molecule is NC(=O)CCC(NC(=O)c1cc2ccccc2s1)C(=O)NC(CNC(=O)C1=Cc2ccccc2SC1)C(=O)NCC(=O)O. The Morgan fingerprint density at radius 1 is 0.884 bits per heavy atom. The first-order chi connectivity index (χ1) is 20.6. The predicted octanol–water partition coefficient (Wildman–Crippen LogP) is 1.26. The van der Waals surface area contributed by atoms with Crippen LogP contribution < -0.4 is 27.0 Å². The molecule has 0 spiro atoms. The molecular formula is C29H29N5O7S2. The van der Waals surface area contributed by atoms with Crippen molar-refractivity contribution in [2.24, 2.45) is 5.73 Å². The Morgan fingerprint density at radius 2 is 1.63 bits per heavy atom. The lowest BCUT2D eigenvalue weighted by Crippen LogP contribution is -2.57. The highest BCUT2D eigenvalue weighted by atomic mass is 32.2. The van der Waals surface area contributed by atoms with Crippen LogP contribution in [0.4, 0.5) is 0 Å². The number of nitrogens with two attached hydrogens (primary N) is 1. The van der Waals surface area contributed by atoms with Gasteiger partial charge in [0.05, 0.1) is 4.88 Å². The number of benzene rings is 2. The third-order valence-electron chi connectivity index (χ3n) is 6.39. The average molecular weight is 624 g/mol. The zero-order chi connectivity index (χ0) is 30.9. The van der Waals surface area contributed by atoms with E-state index in [1.165, 1.54) is 23.1 Å². The molecule has 3 aromatic rings. The summed E-state index contributed by atoms with van der Waals surface area (Å²) in [6.45, 7) is -1.09. The zero-order valence-corrected chi connectivity index (χ0v) is 24.4. The fourth-order valence-corrected chi connectivity index (χ4v) is 6.16. The quantitative estimate of drug-likeness (QED) is 0.164. The third kappa shape index (κ3) is 8.66. The fraction of sp³-hybridized carbons (Fsp3) is 0.241. The van der Waals surface area contributed by atoms with Crippen molar-refractivity contribution in [3.63, 3.8) is 0 Å². The van der Waals surface area contributed by atoms with Crippen molar-refractivity contribution >= 4 is 74.8 Å². The van der Waals surface area contributed by atoms with Crippen molar-refractivity contribution < 1.29 is 33.9 Å². The molecule has 0 saturated carbocycles. The van der Waals surface area contributed by atoms with E-state index < -0.39 is 54.1 Å². The monoisotopic (exact) mass is 623 g/mol. The third-order valence-corrected chi connectivity index (χ3v) is 8.64. The minimum absolute atomic E-state index is 0.156. The number of hydrogen-bond acceptors (Lipinski definition) is 8. The molecular weight excluding hydrogens is 594 g/mol. The zero-order valence-electron chi connectivity index (χ0n) is 22.8. The Morgan fingerprint density at radius 3 is 2.37 bits per heavy atom. The number of rotatable bonds is 13. The molecule has 5 amide bonds. The molecule has 0 aliphatic carbocycles. The highest BCUT2D eigenvalue weighted by molar-refractivity contribution is 7.99. The molecule has 2 atom stereocenters. The molecule has 1 aliphatic heterocycles. The normalized spacial score (nSPS) is 13.5. The van der Waals surface area contributed by atoms with E-state index in [0.29, 0.717) is 16.2 Å². The van der Waals surface area contributed by atoms with Gasteiger partial charge in [0.1, 0.15) is 18.6 Å². The maximum absolute atomic E-state index is 13.3. The molecule has 0 saturated heterocycles. The van der Waals surface area contributed by atoms with Gasteiger partial charge >= 0.3 is 5.97 Å². The van der Waals surface area contributed by atoms with Crippen LogP contribution in [0.25, 0.3) is 16.2 Å². The van der Waals surface area contributed by atoms with Crippen LogP contribution in [0.15, 0.2) is 65.1 Å². The highest BCUT2D eigenvalue weighted by Gasteiger charge is 2.29. The number of carboxylic acids is 1. The summed E-state index contributed by atoms with van der Waals surface area (Å²) in [5, 5.41) is 19.7. The Balaban J connectivity index is 1.47. The maximum Gasteiger partial charge on any atom is 0.322 e. The minimum Gasteiger partial charge on any atom is -0.480 e. The number of aliphatic carboxylic acids is 1. The van der Waals surface area contributed by atoms with Gasteiger partial charge in [0, 0.05) is 33.9 Å². The molecule has 0 bridgehead atoms. The molecule has 7 N–H and O–H groups in total. The number of carbonyl (C=O) groups excluding carboxylic acids is 5. The number of carbonyl (C=O) groups is 6. The van der Waals surface area contributed by atoms with Crippen LogP contribution in [0.1, 0.15) is 28.1 Å². The molecule has 1 aromatic heterocycles. The fourth-order valence-electron chi connectivity index (χ4n) is 4.20. The molecule has 1 aliphatic rings. The lowest BCUT2D eigenvalue weighted by Gasteiger charge is -2.23. The molecule has 224 valence electrons. The number of thioether (sulfide) groups is 1. The summed E-state index contributed by atoms with van der Waals surface area (Å²) in [5.74, 6) is -4.31. The van der Waals surface area contributed by atoms with Crippen LogP contribution in [0.5, 0.6) is 0 Å². The van der Waals surface area contributed by atoms with Gasteiger partial charge in [0.25, 0.3) is 5.91 Å². The molecule has 14 heteroatoms. The van der Waals surface area contributed by atoms with Crippen molar-refractivity contribution in [1.29, 1.82) is 0 Å². The molecule has 0 radical (unpaired) electrons. The van der Waals surface area contributed by atoms with E-state index in [0.717, 1.165) is 20.5 Å². The Bertz CT molecular complexity index is 1570. The van der Waals surface area contributed by atoms with E-state index in [-0.39, 0.29) is 19.4 Å². The van der Waals surface area contributed by atoms with Crippen LogP contribution in [0.3, 0.4) is 0 Å². The number of primary amides is 1. The van der Waals surface area contributed by atoms with Gasteiger partial charge < -0.3 is 32.1 Å². The smallest absolute Gasteiger partial charge is 0.322 e. The lowest BCUT2D eigenvalue weighted by atomic mass is 10.1. The van der Waals surface area contributed by atoms with Crippen LogP contribution in [-0.2, 0) is 24.0 Å². The van der Waals surface area contributed by atoms with E-state index in [1.807, 2.05) is 48.5 Å². The van der Waals surface area contributed by atoms with E-state index >= 15 is 0 Å². The first-order valence-corrected chi connectivity index (χ1v) is 15.0. The number of amides is 5. The molecule has 2 aromatic carbocycles. The summed E-state index contributed by atoms with van der Waals surface area (Å²) in [6.07, 6.45) is 1.35. The summed E-state index contributed by atoms with van der Waals surface area (Å²) in [7, 11) is 0. The second kappa shape index (κ2) is 14.5. The topological polar surface area (TPSA) is 197 Å². The molecule has 2 unspecified atom stereocenters. The van der Waals surface area contributed by atoms with Crippen LogP contribution in [0.2, 0.25) is 0 Å². The van der Waals surface area contributed by atoms with Gasteiger partial charge in [-0.05, 0) is 41.6 Å². The second-order valence-corrected chi connectivity index (χ2v) is 11.7. The molecule has 12 nitrogen and oxygen atoms in total. The highest BCUT2D eigenvalue weighted by Crippen LogP contribution is 2.31. The van der Waals surface area contributed by atoms with Gasteiger partial charge in [-0.2, -0.15) is 0 Å². The van der Waals surface area contributed by atoms with Gasteiger partial charge in [-0.25, -0.2) is 0 Å². The van der Waals surface area contributed by atoms with Crippen molar-refractivity contribution in [2.45, 2.75) is 29.8 Å². The Hall–Kier alpha value is -4.69. The average Bonchev–Trinajstić information content (AvgIpc) is 3.44. The maximum atomic E-state index is 13.3.